The minimum Gasteiger partial charge on any atom is -0.508 e. The number of benzene rings is 2. The zero-order valence-electron chi connectivity index (χ0n) is 13.8. The van der Waals surface area contributed by atoms with Crippen LogP contribution in [0.5, 0.6) is 5.75 Å². The van der Waals surface area contributed by atoms with Crippen LogP contribution in [0.3, 0.4) is 0 Å². The van der Waals surface area contributed by atoms with Crippen molar-refractivity contribution < 1.29 is 9.52 Å². The maximum absolute atomic E-state index is 9.35. The molecule has 2 heterocycles. The van der Waals surface area contributed by atoms with Crippen molar-refractivity contribution in [3.63, 3.8) is 0 Å². The molecule has 25 heavy (non-hydrogen) atoms. The van der Waals surface area contributed by atoms with E-state index in [0.29, 0.717) is 6.54 Å². The van der Waals surface area contributed by atoms with Crippen LogP contribution in [0.15, 0.2) is 71.3 Å². The second-order valence-corrected chi connectivity index (χ2v) is 6.10. The average molecular weight is 332 g/mol. The molecule has 4 aromatic rings. The summed E-state index contributed by atoms with van der Waals surface area (Å²) in [5, 5.41) is 14.1. The number of aromatic nitrogens is 1. The number of para-hydroxylation sites is 1. The van der Waals surface area contributed by atoms with E-state index in [0.717, 1.165) is 30.0 Å². The minimum atomic E-state index is 0.259. The van der Waals surface area contributed by atoms with Crippen LogP contribution in [-0.2, 0) is 13.0 Å². The third-order valence-corrected chi connectivity index (χ3v) is 4.36. The molecule has 3 N–H and O–H groups in total. The van der Waals surface area contributed by atoms with E-state index < -0.39 is 0 Å². The van der Waals surface area contributed by atoms with Crippen LogP contribution in [0, 0.1) is 0 Å². The number of aromatic amines is 1. The topological polar surface area (TPSA) is 61.2 Å². The van der Waals surface area contributed by atoms with Gasteiger partial charge in [-0.25, -0.2) is 0 Å². The van der Waals surface area contributed by atoms with Crippen molar-refractivity contribution in [3.8, 4) is 17.1 Å². The summed E-state index contributed by atoms with van der Waals surface area (Å²) in [5.74, 6) is 1.98. The van der Waals surface area contributed by atoms with E-state index in [-0.39, 0.29) is 5.75 Å². The number of fused-ring (bicyclic) bond motifs is 1. The molecule has 0 spiro atoms. The van der Waals surface area contributed by atoms with Crippen molar-refractivity contribution >= 4 is 10.9 Å². The van der Waals surface area contributed by atoms with Gasteiger partial charge in [-0.15, -0.1) is 0 Å². The van der Waals surface area contributed by atoms with Crippen LogP contribution < -0.4 is 5.32 Å². The normalized spacial score (nSPS) is 11.2. The van der Waals surface area contributed by atoms with E-state index >= 15 is 0 Å². The first kappa shape index (κ1) is 15.5. The number of furan rings is 1. The van der Waals surface area contributed by atoms with Crippen molar-refractivity contribution in [3.05, 3.63) is 78.2 Å². The Morgan fingerprint density at radius 3 is 2.68 bits per heavy atom. The Balaban J connectivity index is 1.32. The van der Waals surface area contributed by atoms with Gasteiger partial charge in [-0.3, -0.25) is 0 Å². The SMILES string of the molecule is Oc1ccc(-c2ccc(CNCCc3c[nH]c4ccccc34)o2)cc1. The summed E-state index contributed by atoms with van der Waals surface area (Å²) < 4.78 is 5.87. The Hall–Kier alpha value is -2.98. The van der Waals surface area contributed by atoms with Gasteiger partial charge in [-0.2, -0.15) is 0 Å². The highest BCUT2D eigenvalue weighted by atomic mass is 16.3. The number of rotatable bonds is 6. The molecule has 0 saturated carbocycles. The summed E-state index contributed by atoms with van der Waals surface area (Å²) in [5.41, 5.74) is 3.47. The third-order valence-electron chi connectivity index (χ3n) is 4.36. The second kappa shape index (κ2) is 6.87. The summed E-state index contributed by atoms with van der Waals surface area (Å²) >= 11 is 0. The number of phenols is 1. The van der Waals surface area contributed by atoms with E-state index in [9.17, 15) is 5.11 Å². The Morgan fingerprint density at radius 2 is 1.80 bits per heavy atom. The molecule has 0 saturated heterocycles. The minimum absolute atomic E-state index is 0.259. The summed E-state index contributed by atoms with van der Waals surface area (Å²) in [7, 11) is 0. The van der Waals surface area contributed by atoms with Gasteiger partial charge in [-0.1, -0.05) is 18.2 Å². The van der Waals surface area contributed by atoms with Crippen molar-refractivity contribution in [1.29, 1.82) is 0 Å². The second-order valence-electron chi connectivity index (χ2n) is 6.10. The molecule has 4 nitrogen and oxygen atoms in total. The smallest absolute Gasteiger partial charge is 0.134 e. The highest BCUT2D eigenvalue weighted by Gasteiger charge is 2.06. The Labute approximate surface area is 146 Å². The Morgan fingerprint density at radius 1 is 0.960 bits per heavy atom. The monoisotopic (exact) mass is 332 g/mol. The Bertz CT molecular complexity index is 967. The highest BCUT2D eigenvalue weighted by Crippen LogP contribution is 2.24. The molecule has 0 unspecified atom stereocenters. The molecule has 2 aromatic heterocycles. The van der Waals surface area contributed by atoms with E-state index in [4.69, 9.17) is 4.42 Å². The van der Waals surface area contributed by atoms with Crippen LogP contribution in [0.25, 0.3) is 22.2 Å². The van der Waals surface area contributed by atoms with Gasteiger partial charge in [-0.05, 0) is 61.0 Å². The van der Waals surface area contributed by atoms with Gasteiger partial charge in [0.1, 0.15) is 17.3 Å². The molecule has 0 bridgehead atoms. The van der Waals surface area contributed by atoms with Crippen molar-refractivity contribution in [2.45, 2.75) is 13.0 Å². The summed E-state index contributed by atoms with van der Waals surface area (Å²) in [6.07, 6.45) is 3.05. The molecule has 0 radical (unpaired) electrons. The molecule has 0 atom stereocenters. The lowest BCUT2D eigenvalue weighted by molar-refractivity contribution is 0.475. The highest BCUT2D eigenvalue weighted by molar-refractivity contribution is 5.83. The molecular weight excluding hydrogens is 312 g/mol. The van der Waals surface area contributed by atoms with Gasteiger partial charge in [0.05, 0.1) is 6.54 Å². The molecule has 0 amide bonds. The quantitative estimate of drug-likeness (QED) is 0.457. The van der Waals surface area contributed by atoms with Gasteiger partial charge >= 0.3 is 0 Å². The molecule has 0 fully saturated rings. The van der Waals surface area contributed by atoms with E-state index in [1.807, 2.05) is 30.3 Å². The zero-order valence-corrected chi connectivity index (χ0v) is 13.8. The van der Waals surface area contributed by atoms with E-state index in [2.05, 4.69) is 34.7 Å². The predicted octanol–water partition coefficient (Wildman–Crippen LogP) is 4.47. The van der Waals surface area contributed by atoms with Gasteiger partial charge in [0.15, 0.2) is 0 Å². The number of hydrogen-bond donors (Lipinski definition) is 3. The number of hydrogen-bond acceptors (Lipinski definition) is 3. The fourth-order valence-corrected chi connectivity index (χ4v) is 3.03. The van der Waals surface area contributed by atoms with Crippen molar-refractivity contribution in [2.75, 3.05) is 6.54 Å². The summed E-state index contributed by atoms with van der Waals surface area (Å²) in [6, 6.07) is 19.3. The lowest BCUT2D eigenvalue weighted by atomic mass is 10.1. The molecule has 0 aliphatic heterocycles. The summed E-state index contributed by atoms with van der Waals surface area (Å²) in [6.45, 7) is 1.58. The molecule has 0 aliphatic carbocycles. The number of phenolic OH excluding ortho intramolecular Hbond substituents is 1. The van der Waals surface area contributed by atoms with Gasteiger partial charge < -0.3 is 19.8 Å². The van der Waals surface area contributed by atoms with Crippen LogP contribution >= 0.6 is 0 Å². The molecule has 4 rings (SSSR count). The first-order valence-corrected chi connectivity index (χ1v) is 8.43. The summed E-state index contributed by atoms with van der Waals surface area (Å²) in [4.78, 5) is 3.31. The van der Waals surface area contributed by atoms with Gasteiger partial charge in [0.25, 0.3) is 0 Å². The van der Waals surface area contributed by atoms with E-state index in [1.165, 1.54) is 16.5 Å². The van der Waals surface area contributed by atoms with Crippen molar-refractivity contribution in [1.82, 2.24) is 10.3 Å². The number of nitrogens with one attached hydrogen (secondary N) is 2. The Kier molecular flexibility index (Phi) is 4.27. The lowest BCUT2D eigenvalue weighted by Crippen LogP contribution is -2.16. The van der Waals surface area contributed by atoms with Crippen LogP contribution in [0.4, 0.5) is 0 Å². The van der Waals surface area contributed by atoms with Crippen LogP contribution in [0.2, 0.25) is 0 Å². The molecule has 126 valence electrons. The van der Waals surface area contributed by atoms with Gasteiger partial charge in [0, 0.05) is 22.7 Å². The fraction of sp³-hybridized carbons (Fsp3) is 0.143. The first-order chi connectivity index (χ1) is 12.3. The first-order valence-electron chi connectivity index (χ1n) is 8.43. The van der Waals surface area contributed by atoms with Gasteiger partial charge in [0.2, 0.25) is 0 Å². The fourth-order valence-electron chi connectivity index (χ4n) is 3.03. The third kappa shape index (κ3) is 3.44. The van der Waals surface area contributed by atoms with Crippen molar-refractivity contribution in [2.24, 2.45) is 0 Å². The number of aromatic hydroxyl groups is 1. The molecule has 2 aromatic carbocycles. The maximum atomic E-state index is 9.35. The standard InChI is InChI=1S/C21H20N2O2/c24-17-7-5-15(6-8-17)21-10-9-18(25-21)14-22-12-11-16-13-23-20-4-2-1-3-19(16)20/h1-10,13,22-24H,11-12,14H2. The number of H-pyrrole nitrogens is 1. The largest absolute Gasteiger partial charge is 0.508 e. The predicted molar refractivity (Wildman–Crippen MR) is 99.5 cm³/mol. The maximum Gasteiger partial charge on any atom is 0.134 e. The molecular formula is C21H20N2O2. The van der Waals surface area contributed by atoms with E-state index in [1.54, 1.807) is 12.1 Å². The lowest BCUT2D eigenvalue weighted by Gasteiger charge is -2.03. The van der Waals surface area contributed by atoms with Crippen LogP contribution in [0.1, 0.15) is 11.3 Å². The zero-order chi connectivity index (χ0) is 17.1. The van der Waals surface area contributed by atoms with Crippen LogP contribution in [-0.4, -0.2) is 16.6 Å². The average Bonchev–Trinajstić information content (AvgIpc) is 3.27. The molecule has 0 aliphatic rings. The molecule has 4 heteroatoms.